The van der Waals surface area contributed by atoms with Gasteiger partial charge in [0.05, 0.1) is 17.7 Å². The van der Waals surface area contributed by atoms with E-state index in [1.807, 2.05) is 6.92 Å². The van der Waals surface area contributed by atoms with Crippen molar-refractivity contribution in [1.82, 2.24) is 10.2 Å². The number of nitrogens with one attached hydrogen (secondary N) is 1. The summed E-state index contributed by atoms with van der Waals surface area (Å²) >= 11 is 0. The van der Waals surface area contributed by atoms with E-state index < -0.39 is 24.2 Å². The Kier molecular flexibility index (Phi) is 6.23. The third kappa shape index (κ3) is 4.60. The lowest BCUT2D eigenvalue weighted by Gasteiger charge is -2.21. The summed E-state index contributed by atoms with van der Waals surface area (Å²) in [6.45, 7) is 3.90. The summed E-state index contributed by atoms with van der Waals surface area (Å²) in [6, 6.07) is 4.69. The topological polar surface area (TPSA) is 50.8 Å². The minimum atomic E-state index is -4.68. The molecule has 0 aliphatic carbocycles. The summed E-state index contributed by atoms with van der Waals surface area (Å²) < 4.78 is 60.4. The van der Waals surface area contributed by atoms with Crippen molar-refractivity contribution < 1.29 is 31.8 Å². The van der Waals surface area contributed by atoms with Gasteiger partial charge in [0.1, 0.15) is 5.75 Å². The van der Waals surface area contributed by atoms with Crippen LogP contribution in [0, 0.1) is 0 Å². The number of rotatable bonds is 7. The van der Waals surface area contributed by atoms with Crippen LogP contribution in [0.2, 0.25) is 0 Å². The van der Waals surface area contributed by atoms with E-state index in [-0.39, 0.29) is 17.7 Å². The number of ether oxygens (including phenoxy) is 2. The summed E-state index contributed by atoms with van der Waals surface area (Å²) in [4.78, 5) is 14.5. The molecule has 1 amide bonds. The van der Waals surface area contributed by atoms with Gasteiger partial charge in [-0.3, -0.25) is 9.69 Å². The van der Waals surface area contributed by atoms with Crippen LogP contribution in [-0.4, -0.2) is 62.2 Å². The van der Waals surface area contributed by atoms with Gasteiger partial charge in [-0.1, -0.05) is 19.1 Å². The van der Waals surface area contributed by atoms with Gasteiger partial charge in [0.15, 0.2) is 0 Å². The Morgan fingerprint density at radius 3 is 2.64 bits per heavy atom. The van der Waals surface area contributed by atoms with Crippen LogP contribution in [0.5, 0.6) is 5.75 Å². The number of benzene rings is 1. The molecule has 1 fully saturated rings. The maximum Gasteiger partial charge on any atom is 0.461 e. The third-order valence-electron chi connectivity index (χ3n) is 4.04. The maximum atomic E-state index is 13.2. The summed E-state index contributed by atoms with van der Waals surface area (Å²) in [5, 5.41) is 2.70. The second-order valence-electron chi connectivity index (χ2n) is 5.67. The number of likely N-dealkylation sites (N-methyl/N-ethyl adjacent to an activating group) is 1. The average Bonchev–Trinajstić information content (AvgIpc) is 2.96. The van der Waals surface area contributed by atoms with E-state index in [4.69, 9.17) is 4.74 Å². The summed E-state index contributed by atoms with van der Waals surface area (Å²) in [7, 11) is 1.52. The van der Waals surface area contributed by atoms with Crippen LogP contribution in [0.25, 0.3) is 0 Å². The van der Waals surface area contributed by atoms with E-state index in [0.29, 0.717) is 13.1 Å². The first kappa shape index (κ1) is 19.5. The van der Waals surface area contributed by atoms with E-state index in [1.54, 1.807) is 0 Å². The average molecular weight is 364 g/mol. The van der Waals surface area contributed by atoms with Crippen molar-refractivity contribution in [3.8, 4) is 5.75 Å². The Labute approximate surface area is 142 Å². The molecule has 0 radical (unpaired) electrons. The van der Waals surface area contributed by atoms with E-state index in [1.165, 1.54) is 25.3 Å². The van der Waals surface area contributed by atoms with Crippen LogP contribution in [0.15, 0.2) is 24.3 Å². The largest absolute Gasteiger partial charge is 0.461 e. The number of hydrogen-bond donors (Lipinski definition) is 1. The van der Waals surface area contributed by atoms with Crippen molar-refractivity contribution in [2.24, 2.45) is 0 Å². The smallest absolute Gasteiger partial charge is 0.427 e. The molecule has 0 bridgehead atoms. The first-order chi connectivity index (χ1) is 11.8. The van der Waals surface area contributed by atoms with Gasteiger partial charge >= 0.3 is 12.5 Å². The SMILES string of the molecule is CCN1C[C@@H](NC(=O)c2ccccc2OC(F)(F)C(F)F)[C@H](OC)C1. The van der Waals surface area contributed by atoms with Crippen LogP contribution >= 0.6 is 0 Å². The van der Waals surface area contributed by atoms with Gasteiger partial charge < -0.3 is 14.8 Å². The molecule has 2 atom stereocenters. The predicted octanol–water partition coefficient (Wildman–Crippen LogP) is 2.37. The fourth-order valence-corrected chi connectivity index (χ4v) is 2.67. The highest BCUT2D eigenvalue weighted by Crippen LogP contribution is 2.30. The zero-order chi connectivity index (χ0) is 18.6. The predicted molar refractivity (Wildman–Crippen MR) is 82.2 cm³/mol. The molecule has 0 saturated carbocycles. The molecule has 1 aromatic carbocycles. The van der Waals surface area contributed by atoms with Crippen molar-refractivity contribution in [2.45, 2.75) is 31.6 Å². The quantitative estimate of drug-likeness (QED) is 0.755. The molecule has 140 valence electrons. The van der Waals surface area contributed by atoms with Gasteiger partial charge in [-0.05, 0) is 18.7 Å². The van der Waals surface area contributed by atoms with E-state index in [9.17, 15) is 22.4 Å². The number of likely N-dealkylation sites (tertiary alicyclic amines) is 1. The summed E-state index contributed by atoms with van der Waals surface area (Å²) in [6.07, 6.45) is -8.94. The number of halogens is 4. The van der Waals surface area contributed by atoms with Gasteiger partial charge in [0.2, 0.25) is 0 Å². The number of carbonyl (C=O) groups excluding carboxylic acids is 1. The van der Waals surface area contributed by atoms with Crippen molar-refractivity contribution in [3.05, 3.63) is 29.8 Å². The molecule has 1 saturated heterocycles. The lowest BCUT2D eigenvalue weighted by Crippen LogP contribution is -2.44. The van der Waals surface area contributed by atoms with E-state index in [2.05, 4.69) is 15.0 Å². The number of nitrogens with zero attached hydrogens (tertiary/aromatic N) is 1. The highest BCUT2D eigenvalue weighted by Gasteiger charge is 2.44. The molecular formula is C16H20F4N2O3. The Morgan fingerprint density at radius 1 is 1.36 bits per heavy atom. The summed E-state index contributed by atoms with van der Waals surface area (Å²) in [5.74, 6) is -1.30. The van der Waals surface area contributed by atoms with Crippen LogP contribution < -0.4 is 10.1 Å². The Morgan fingerprint density at radius 2 is 2.04 bits per heavy atom. The van der Waals surface area contributed by atoms with Crippen molar-refractivity contribution in [3.63, 3.8) is 0 Å². The van der Waals surface area contributed by atoms with Gasteiger partial charge in [0.25, 0.3) is 5.91 Å². The molecule has 1 N–H and O–H groups in total. The first-order valence-corrected chi connectivity index (χ1v) is 7.78. The molecular weight excluding hydrogens is 344 g/mol. The van der Waals surface area contributed by atoms with Crippen LogP contribution in [0.1, 0.15) is 17.3 Å². The normalized spacial score (nSPS) is 21.6. The molecule has 1 aromatic rings. The molecule has 1 aliphatic rings. The second-order valence-corrected chi connectivity index (χ2v) is 5.67. The standard InChI is InChI=1S/C16H20F4N2O3/c1-3-22-8-11(13(9-22)24-2)21-14(23)10-6-4-5-7-12(10)25-16(19,20)15(17)18/h4-7,11,13,15H,3,8-9H2,1-2H3,(H,21,23)/t11-,13-/m1/s1. The summed E-state index contributed by atoms with van der Waals surface area (Å²) in [5.41, 5.74) is -0.243. The fraction of sp³-hybridized carbons (Fsp3) is 0.562. The maximum absolute atomic E-state index is 13.2. The molecule has 2 rings (SSSR count). The minimum absolute atomic E-state index is 0.243. The second kappa shape index (κ2) is 8.01. The van der Waals surface area contributed by atoms with Crippen molar-refractivity contribution >= 4 is 5.91 Å². The molecule has 1 aliphatic heterocycles. The van der Waals surface area contributed by atoms with Gasteiger partial charge in [-0.2, -0.15) is 17.6 Å². The van der Waals surface area contributed by atoms with E-state index >= 15 is 0 Å². The number of alkyl halides is 4. The highest BCUT2D eigenvalue weighted by molar-refractivity contribution is 5.97. The van der Waals surface area contributed by atoms with Crippen LogP contribution in [0.4, 0.5) is 17.6 Å². The van der Waals surface area contributed by atoms with Gasteiger partial charge in [0, 0.05) is 20.2 Å². The monoisotopic (exact) mass is 364 g/mol. The number of para-hydroxylation sites is 1. The van der Waals surface area contributed by atoms with Crippen molar-refractivity contribution in [2.75, 3.05) is 26.7 Å². The lowest BCUT2D eigenvalue weighted by molar-refractivity contribution is -0.253. The Bertz CT molecular complexity index is 600. The Hall–Kier alpha value is -1.87. The minimum Gasteiger partial charge on any atom is -0.427 e. The zero-order valence-corrected chi connectivity index (χ0v) is 13.8. The van der Waals surface area contributed by atoms with Crippen molar-refractivity contribution in [1.29, 1.82) is 0 Å². The molecule has 0 aromatic heterocycles. The molecule has 1 heterocycles. The lowest BCUT2D eigenvalue weighted by atomic mass is 10.1. The molecule has 5 nitrogen and oxygen atoms in total. The van der Waals surface area contributed by atoms with Gasteiger partial charge in [-0.15, -0.1) is 0 Å². The Balaban J connectivity index is 2.14. The molecule has 0 spiro atoms. The number of amides is 1. The zero-order valence-electron chi connectivity index (χ0n) is 13.8. The van der Waals surface area contributed by atoms with Crippen LogP contribution in [-0.2, 0) is 4.74 Å². The van der Waals surface area contributed by atoms with Crippen LogP contribution in [0.3, 0.4) is 0 Å². The first-order valence-electron chi connectivity index (χ1n) is 7.78. The number of hydrogen-bond acceptors (Lipinski definition) is 4. The highest BCUT2D eigenvalue weighted by atomic mass is 19.3. The number of carbonyl (C=O) groups is 1. The third-order valence-corrected chi connectivity index (χ3v) is 4.04. The number of methoxy groups -OCH3 is 1. The molecule has 0 unspecified atom stereocenters. The van der Waals surface area contributed by atoms with E-state index in [0.717, 1.165) is 12.6 Å². The molecule has 9 heteroatoms. The fourth-order valence-electron chi connectivity index (χ4n) is 2.67. The molecule has 25 heavy (non-hydrogen) atoms. The van der Waals surface area contributed by atoms with Gasteiger partial charge in [-0.25, -0.2) is 0 Å².